The van der Waals surface area contributed by atoms with E-state index in [0.717, 1.165) is 11.4 Å². The minimum absolute atomic E-state index is 0.0707. The van der Waals surface area contributed by atoms with Crippen molar-refractivity contribution in [1.29, 1.82) is 0 Å². The van der Waals surface area contributed by atoms with Gasteiger partial charge in [0.05, 0.1) is 5.69 Å². The largest absolute Gasteiger partial charge is 0.310 e. The van der Waals surface area contributed by atoms with Crippen molar-refractivity contribution in [3.05, 3.63) is 54.1 Å². The Bertz CT molecular complexity index is 520. The van der Waals surface area contributed by atoms with Gasteiger partial charge in [0.1, 0.15) is 0 Å². The van der Waals surface area contributed by atoms with Crippen molar-refractivity contribution in [2.75, 3.05) is 11.6 Å². The smallest absolute Gasteiger partial charge is 0.0548 e. The van der Waals surface area contributed by atoms with E-state index in [1.54, 1.807) is 17.4 Å². The van der Waals surface area contributed by atoms with Gasteiger partial charge in [-0.25, -0.2) is 5.84 Å². The lowest BCUT2D eigenvalue weighted by atomic mass is 9.85. The van der Waals surface area contributed by atoms with Gasteiger partial charge >= 0.3 is 0 Å². The number of rotatable bonds is 4. The molecule has 0 aliphatic carbocycles. The average Bonchev–Trinajstić information content (AvgIpc) is 2.40. The fourth-order valence-corrected chi connectivity index (χ4v) is 2.01. The van der Waals surface area contributed by atoms with Gasteiger partial charge in [0.25, 0.3) is 0 Å². The summed E-state index contributed by atoms with van der Waals surface area (Å²) in [6.07, 6.45) is 5.42. The number of hydrogen-bond acceptors (Lipinski definition) is 4. The molecule has 4 heteroatoms. The molecule has 0 radical (unpaired) electrons. The van der Waals surface area contributed by atoms with Gasteiger partial charge in [-0.3, -0.25) is 9.97 Å². The van der Waals surface area contributed by atoms with Gasteiger partial charge in [-0.2, -0.15) is 0 Å². The lowest BCUT2D eigenvalue weighted by Crippen LogP contribution is -2.41. The van der Waals surface area contributed by atoms with Gasteiger partial charge < -0.3 is 5.01 Å². The minimum atomic E-state index is -0.0707. The van der Waals surface area contributed by atoms with Gasteiger partial charge in [-0.1, -0.05) is 19.9 Å². The number of hydrogen-bond donors (Lipinski definition) is 1. The summed E-state index contributed by atoms with van der Waals surface area (Å²) in [6, 6.07) is 7.96. The first kappa shape index (κ1) is 13.5. The Morgan fingerprint density at radius 3 is 2.42 bits per heavy atom. The number of pyridine rings is 2. The summed E-state index contributed by atoms with van der Waals surface area (Å²) in [7, 11) is 0. The first-order valence-electron chi connectivity index (χ1n) is 6.34. The van der Waals surface area contributed by atoms with Crippen LogP contribution in [0.3, 0.4) is 0 Å². The Kier molecular flexibility index (Phi) is 3.81. The van der Waals surface area contributed by atoms with Crippen molar-refractivity contribution in [3.63, 3.8) is 0 Å². The van der Waals surface area contributed by atoms with E-state index < -0.39 is 0 Å². The zero-order valence-electron chi connectivity index (χ0n) is 11.7. The molecule has 0 aromatic carbocycles. The predicted molar refractivity (Wildman–Crippen MR) is 77.8 cm³/mol. The molecule has 0 saturated carbocycles. The summed E-state index contributed by atoms with van der Waals surface area (Å²) >= 11 is 0. The third-order valence-electron chi connectivity index (χ3n) is 3.25. The van der Waals surface area contributed by atoms with Crippen molar-refractivity contribution in [1.82, 2.24) is 9.97 Å². The molecular formula is C15H20N4. The van der Waals surface area contributed by atoms with E-state index in [1.165, 1.54) is 5.56 Å². The summed E-state index contributed by atoms with van der Waals surface area (Å²) in [5, 5.41) is 1.75. The van der Waals surface area contributed by atoms with Crippen molar-refractivity contribution in [2.45, 2.75) is 26.2 Å². The number of aromatic nitrogens is 2. The van der Waals surface area contributed by atoms with Crippen molar-refractivity contribution in [2.24, 2.45) is 5.84 Å². The molecule has 19 heavy (non-hydrogen) atoms. The van der Waals surface area contributed by atoms with Crippen LogP contribution in [0.2, 0.25) is 0 Å². The highest BCUT2D eigenvalue weighted by Gasteiger charge is 2.23. The normalized spacial score (nSPS) is 11.4. The minimum Gasteiger partial charge on any atom is -0.310 e. The second-order valence-electron chi connectivity index (χ2n) is 5.41. The quantitative estimate of drug-likeness (QED) is 0.674. The summed E-state index contributed by atoms with van der Waals surface area (Å²) < 4.78 is 0. The van der Waals surface area contributed by atoms with Crippen LogP contribution in [-0.2, 0) is 5.41 Å². The molecule has 0 atom stereocenters. The fraction of sp³-hybridized carbons (Fsp3) is 0.333. The van der Waals surface area contributed by atoms with Gasteiger partial charge in [0.2, 0.25) is 0 Å². The van der Waals surface area contributed by atoms with Crippen LogP contribution in [-0.4, -0.2) is 16.5 Å². The molecule has 0 spiro atoms. The van der Waals surface area contributed by atoms with E-state index in [-0.39, 0.29) is 5.41 Å². The molecule has 0 unspecified atom stereocenters. The number of anilines is 1. The Morgan fingerprint density at radius 1 is 1.16 bits per heavy atom. The summed E-state index contributed by atoms with van der Waals surface area (Å²) in [5.74, 6) is 6.13. The van der Waals surface area contributed by atoms with E-state index >= 15 is 0 Å². The molecule has 0 amide bonds. The number of nitrogens with two attached hydrogens (primary N) is 1. The first-order chi connectivity index (χ1) is 8.99. The molecule has 0 fully saturated rings. The Balaban J connectivity index is 2.15. The van der Waals surface area contributed by atoms with Crippen molar-refractivity contribution in [3.8, 4) is 0 Å². The van der Waals surface area contributed by atoms with Gasteiger partial charge in [-0.15, -0.1) is 0 Å². The van der Waals surface area contributed by atoms with Crippen molar-refractivity contribution < 1.29 is 0 Å². The van der Waals surface area contributed by atoms with Crippen LogP contribution in [0.5, 0.6) is 0 Å². The molecule has 0 bridgehead atoms. The lowest BCUT2D eigenvalue weighted by Gasteiger charge is -2.31. The second-order valence-corrected chi connectivity index (χ2v) is 5.41. The van der Waals surface area contributed by atoms with Crippen LogP contribution in [0.1, 0.15) is 25.1 Å². The number of aryl methyl sites for hydroxylation is 1. The molecule has 2 heterocycles. The lowest BCUT2D eigenvalue weighted by molar-refractivity contribution is 0.512. The highest BCUT2D eigenvalue weighted by molar-refractivity contribution is 5.43. The average molecular weight is 256 g/mol. The van der Waals surface area contributed by atoms with E-state index in [1.807, 2.05) is 31.3 Å². The monoisotopic (exact) mass is 256 g/mol. The molecule has 0 aliphatic rings. The highest BCUT2D eigenvalue weighted by atomic mass is 15.4. The maximum atomic E-state index is 6.13. The molecule has 100 valence electrons. The molecule has 0 saturated heterocycles. The van der Waals surface area contributed by atoms with E-state index in [9.17, 15) is 0 Å². The first-order valence-corrected chi connectivity index (χ1v) is 6.34. The van der Waals surface area contributed by atoms with E-state index in [0.29, 0.717) is 6.54 Å². The van der Waals surface area contributed by atoms with Gasteiger partial charge in [-0.05, 0) is 30.7 Å². The SMILES string of the molecule is Cc1ccc(C(C)(C)CN(N)c2ccncc2)cn1. The third-order valence-corrected chi connectivity index (χ3v) is 3.25. The summed E-state index contributed by atoms with van der Waals surface area (Å²) in [4.78, 5) is 8.36. The van der Waals surface area contributed by atoms with E-state index in [4.69, 9.17) is 5.84 Å². The molecular weight excluding hydrogens is 236 g/mol. The maximum absolute atomic E-state index is 6.13. The third kappa shape index (κ3) is 3.29. The second kappa shape index (κ2) is 5.36. The summed E-state index contributed by atoms with van der Waals surface area (Å²) in [6.45, 7) is 7.03. The van der Waals surface area contributed by atoms with E-state index in [2.05, 4.69) is 29.9 Å². The van der Waals surface area contributed by atoms with Crippen LogP contribution in [0.25, 0.3) is 0 Å². The zero-order valence-corrected chi connectivity index (χ0v) is 11.7. The molecule has 2 aromatic rings. The topological polar surface area (TPSA) is 55.0 Å². The fourth-order valence-electron chi connectivity index (χ4n) is 2.01. The highest BCUT2D eigenvalue weighted by Crippen LogP contribution is 2.24. The molecule has 2 N–H and O–H groups in total. The Hall–Kier alpha value is -1.94. The number of nitrogens with zero attached hydrogens (tertiary/aromatic N) is 3. The summed E-state index contributed by atoms with van der Waals surface area (Å²) in [5.41, 5.74) is 3.10. The molecule has 2 aromatic heterocycles. The Morgan fingerprint density at radius 2 is 1.84 bits per heavy atom. The van der Waals surface area contributed by atoms with Crippen LogP contribution in [0, 0.1) is 6.92 Å². The Labute approximate surface area is 114 Å². The molecule has 2 rings (SSSR count). The van der Waals surface area contributed by atoms with Crippen LogP contribution in [0.4, 0.5) is 5.69 Å². The van der Waals surface area contributed by atoms with Gasteiger partial charge in [0, 0.05) is 36.2 Å². The van der Waals surface area contributed by atoms with Gasteiger partial charge in [0.15, 0.2) is 0 Å². The number of hydrazine groups is 1. The van der Waals surface area contributed by atoms with Crippen LogP contribution < -0.4 is 10.9 Å². The van der Waals surface area contributed by atoms with Crippen LogP contribution in [0.15, 0.2) is 42.9 Å². The predicted octanol–water partition coefficient (Wildman–Crippen LogP) is 2.44. The standard InChI is InChI=1S/C15H20N4/c1-12-4-5-13(10-18-12)15(2,3)11-19(16)14-6-8-17-9-7-14/h4-10H,11,16H2,1-3H3. The maximum Gasteiger partial charge on any atom is 0.0548 e. The molecule has 0 aliphatic heterocycles. The van der Waals surface area contributed by atoms with Crippen molar-refractivity contribution >= 4 is 5.69 Å². The van der Waals surface area contributed by atoms with Crippen LogP contribution >= 0.6 is 0 Å². The zero-order chi connectivity index (χ0) is 13.9. The molecule has 4 nitrogen and oxygen atoms in total.